The van der Waals surface area contributed by atoms with E-state index in [9.17, 15) is 0 Å². The molecule has 0 aliphatic heterocycles. The summed E-state index contributed by atoms with van der Waals surface area (Å²) in [6.07, 6.45) is 13.6. The summed E-state index contributed by atoms with van der Waals surface area (Å²) >= 11 is 0. The number of aromatic amines is 1. The van der Waals surface area contributed by atoms with E-state index >= 15 is 0 Å². The fraction of sp³-hybridized carbons (Fsp3) is 0.308. The minimum absolute atomic E-state index is 0.899. The van der Waals surface area contributed by atoms with Gasteiger partial charge < -0.3 is 4.98 Å². The zero-order valence-electron chi connectivity index (χ0n) is 9.99. The van der Waals surface area contributed by atoms with E-state index < -0.39 is 0 Å². The molecule has 1 aromatic rings. The van der Waals surface area contributed by atoms with Crippen LogP contribution in [-0.4, -0.2) is 9.97 Å². The maximum atomic E-state index is 4.18. The van der Waals surface area contributed by atoms with Gasteiger partial charge in [0, 0.05) is 18.0 Å². The molecule has 82 valence electrons. The zero-order valence-corrected chi connectivity index (χ0v) is 9.99. The molecule has 1 aromatic heterocycles. The Hall–Kier alpha value is -1.57. The van der Waals surface area contributed by atoms with Gasteiger partial charge in [0.25, 0.3) is 0 Å². The Balaban J connectivity index is 0.000000921. The number of nitrogens with zero attached hydrogens (tertiary/aromatic N) is 1. The highest BCUT2D eigenvalue weighted by molar-refractivity contribution is 5.70. The van der Waals surface area contributed by atoms with Crippen molar-refractivity contribution < 1.29 is 0 Å². The van der Waals surface area contributed by atoms with Crippen LogP contribution in [0.25, 0.3) is 5.57 Å². The number of nitrogens with one attached hydrogen (secondary N) is 1. The van der Waals surface area contributed by atoms with Crippen LogP contribution < -0.4 is 0 Å². The van der Waals surface area contributed by atoms with Gasteiger partial charge in [0.2, 0.25) is 0 Å². The average molecular weight is 204 g/mol. The van der Waals surface area contributed by atoms with E-state index in [2.05, 4.69) is 9.97 Å². The lowest BCUT2D eigenvalue weighted by Crippen LogP contribution is -1.82. The smallest absolute Gasteiger partial charge is 0.137 e. The van der Waals surface area contributed by atoms with Crippen molar-refractivity contribution in [2.75, 3.05) is 0 Å². The molecule has 0 amide bonds. The van der Waals surface area contributed by atoms with Crippen molar-refractivity contribution in [2.45, 2.75) is 27.7 Å². The van der Waals surface area contributed by atoms with Crippen LogP contribution >= 0.6 is 0 Å². The summed E-state index contributed by atoms with van der Waals surface area (Å²) in [6, 6.07) is 0. The Morgan fingerprint density at radius 3 is 2.47 bits per heavy atom. The predicted octanol–water partition coefficient (Wildman–Crippen LogP) is 3.97. The fourth-order valence-corrected chi connectivity index (χ4v) is 1.02. The number of allylic oxidation sites excluding steroid dienone is 6. The van der Waals surface area contributed by atoms with Crippen molar-refractivity contribution in [3.05, 3.63) is 48.6 Å². The van der Waals surface area contributed by atoms with Crippen molar-refractivity contribution >= 4 is 5.57 Å². The van der Waals surface area contributed by atoms with Gasteiger partial charge in [-0.3, -0.25) is 0 Å². The van der Waals surface area contributed by atoms with Gasteiger partial charge in [-0.1, -0.05) is 44.2 Å². The summed E-state index contributed by atoms with van der Waals surface area (Å²) in [5.74, 6) is 0.899. The molecule has 0 radical (unpaired) electrons. The van der Waals surface area contributed by atoms with Gasteiger partial charge in [-0.25, -0.2) is 4.98 Å². The molecule has 0 atom stereocenters. The van der Waals surface area contributed by atoms with Crippen LogP contribution in [0.3, 0.4) is 0 Å². The number of rotatable bonds is 3. The summed E-state index contributed by atoms with van der Waals surface area (Å²) < 4.78 is 0. The lowest BCUT2D eigenvalue weighted by atomic mass is 10.2. The van der Waals surface area contributed by atoms with Crippen molar-refractivity contribution in [2.24, 2.45) is 0 Å². The number of H-pyrrole nitrogens is 1. The molecule has 1 heterocycles. The highest BCUT2D eigenvalue weighted by Gasteiger charge is 1.96. The van der Waals surface area contributed by atoms with Crippen LogP contribution in [0.5, 0.6) is 0 Å². The molecule has 0 bridgehead atoms. The predicted molar refractivity (Wildman–Crippen MR) is 67.5 cm³/mol. The van der Waals surface area contributed by atoms with E-state index in [0.29, 0.717) is 0 Å². The van der Waals surface area contributed by atoms with Crippen molar-refractivity contribution in [1.82, 2.24) is 9.97 Å². The van der Waals surface area contributed by atoms with Crippen molar-refractivity contribution in [3.63, 3.8) is 0 Å². The quantitative estimate of drug-likeness (QED) is 0.741. The lowest BCUT2D eigenvalue weighted by molar-refractivity contribution is 1.24. The number of aromatic nitrogens is 2. The second-order valence-corrected chi connectivity index (χ2v) is 2.59. The topological polar surface area (TPSA) is 28.7 Å². The standard InChI is InChI=1S/C11H14N2.C2H6/c1-3-5-7-10(6-4-2)11-12-8-9-13-11;1-2/h3-9H,1-2H3,(H,12,13);1-2H3/b5-3-,6-4-,10-7+;. The highest BCUT2D eigenvalue weighted by Crippen LogP contribution is 2.10. The Labute approximate surface area is 92.4 Å². The molecule has 0 spiro atoms. The van der Waals surface area contributed by atoms with Gasteiger partial charge in [0.1, 0.15) is 5.82 Å². The molecule has 0 aliphatic rings. The highest BCUT2D eigenvalue weighted by atomic mass is 14.9. The summed E-state index contributed by atoms with van der Waals surface area (Å²) in [6.45, 7) is 7.98. The third-order valence-corrected chi connectivity index (χ3v) is 1.59. The van der Waals surface area contributed by atoms with E-state index in [-0.39, 0.29) is 0 Å². The first-order chi connectivity index (χ1) is 7.38. The molecule has 1 rings (SSSR count). The van der Waals surface area contributed by atoms with Crippen molar-refractivity contribution in [1.29, 1.82) is 0 Å². The molecule has 15 heavy (non-hydrogen) atoms. The van der Waals surface area contributed by atoms with Crippen LogP contribution in [-0.2, 0) is 0 Å². The van der Waals surface area contributed by atoms with Crippen LogP contribution in [0.4, 0.5) is 0 Å². The second-order valence-electron chi connectivity index (χ2n) is 2.59. The van der Waals surface area contributed by atoms with Gasteiger partial charge in [-0.15, -0.1) is 0 Å². The van der Waals surface area contributed by atoms with E-state index in [1.54, 1.807) is 6.20 Å². The Morgan fingerprint density at radius 2 is 2.00 bits per heavy atom. The van der Waals surface area contributed by atoms with E-state index in [4.69, 9.17) is 0 Å². The first-order valence-corrected chi connectivity index (χ1v) is 5.34. The molecule has 0 aliphatic carbocycles. The van der Waals surface area contributed by atoms with Gasteiger partial charge in [-0.05, 0) is 13.8 Å². The summed E-state index contributed by atoms with van der Waals surface area (Å²) in [4.78, 5) is 7.25. The first-order valence-electron chi connectivity index (χ1n) is 5.34. The van der Waals surface area contributed by atoms with E-state index in [0.717, 1.165) is 11.4 Å². The van der Waals surface area contributed by atoms with Crippen molar-refractivity contribution in [3.8, 4) is 0 Å². The summed E-state index contributed by atoms with van der Waals surface area (Å²) in [5, 5.41) is 0. The maximum Gasteiger partial charge on any atom is 0.137 e. The molecule has 2 nitrogen and oxygen atoms in total. The van der Waals surface area contributed by atoms with Crippen LogP contribution in [0.1, 0.15) is 33.5 Å². The summed E-state index contributed by atoms with van der Waals surface area (Å²) in [7, 11) is 0. The number of hydrogen-bond donors (Lipinski definition) is 1. The normalized spacial score (nSPS) is 11.9. The Bertz CT molecular complexity index is 316. The Kier molecular flexibility index (Phi) is 8.06. The number of imidazole rings is 1. The van der Waals surface area contributed by atoms with E-state index in [1.807, 2.05) is 64.3 Å². The number of hydrogen-bond acceptors (Lipinski definition) is 1. The average Bonchev–Trinajstić information content (AvgIpc) is 2.80. The maximum absolute atomic E-state index is 4.18. The molecule has 0 saturated carbocycles. The molecular weight excluding hydrogens is 184 g/mol. The SMILES string of the molecule is CC.C\C=C/C=C(\C=C/C)c1ncc[nH]1. The van der Waals surface area contributed by atoms with Crippen LogP contribution in [0.15, 0.2) is 42.8 Å². The fourth-order valence-electron chi connectivity index (χ4n) is 1.02. The Morgan fingerprint density at radius 1 is 1.27 bits per heavy atom. The van der Waals surface area contributed by atoms with Gasteiger partial charge in [0.05, 0.1) is 0 Å². The van der Waals surface area contributed by atoms with Gasteiger partial charge in [-0.2, -0.15) is 0 Å². The van der Waals surface area contributed by atoms with Crippen LogP contribution in [0.2, 0.25) is 0 Å². The molecular formula is C13H20N2. The minimum atomic E-state index is 0.899. The molecule has 2 heteroatoms. The zero-order chi connectivity index (χ0) is 11.5. The summed E-state index contributed by atoms with van der Waals surface area (Å²) in [5.41, 5.74) is 1.09. The molecule has 0 unspecified atom stereocenters. The van der Waals surface area contributed by atoms with E-state index in [1.165, 1.54) is 0 Å². The monoisotopic (exact) mass is 204 g/mol. The largest absolute Gasteiger partial charge is 0.345 e. The third-order valence-electron chi connectivity index (χ3n) is 1.59. The van der Waals surface area contributed by atoms with Gasteiger partial charge in [0.15, 0.2) is 0 Å². The molecule has 0 aromatic carbocycles. The first kappa shape index (κ1) is 13.4. The van der Waals surface area contributed by atoms with Gasteiger partial charge >= 0.3 is 0 Å². The minimum Gasteiger partial charge on any atom is -0.345 e. The van der Waals surface area contributed by atoms with Crippen LogP contribution in [0, 0.1) is 0 Å². The molecule has 0 saturated heterocycles. The second kappa shape index (κ2) is 9.00. The third kappa shape index (κ3) is 5.01. The molecule has 1 N–H and O–H groups in total. The molecule has 0 fully saturated rings. The lowest BCUT2D eigenvalue weighted by Gasteiger charge is -1.94.